The molecule has 2 saturated heterocycles. The highest BCUT2D eigenvalue weighted by atomic mass is 16.5. The van der Waals surface area contributed by atoms with Gasteiger partial charge in [0.15, 0.2) is 0 Å². The number of rotatable bonds is 4. The molecule has 104 valence electrons. The summed E-state index contributed by atoms with van der Waals surface area (Å²) in [4.78, 5) is 16.7. The average molecular weight is 256 g/mol. The second-order valence-electron chi connectivity index (χ2n) is 5.05. The molecule has 0 N–H and O–H groups in total. The molecule has 0 atom stereocenters. The van der Waals surface area contributed by atoms with Crippen LogP contribution in [0.3, 0.4) is 0 Å². The summed E-state index contributed by atoms with van der Waals surface area (Å²) in [5, 5.41) is 0. The molecule has 1 amide bonds. The highest BCUT2D eigenvalue weighted by Gasteiger charge is 2.28. The van der Waals surface area contributed by atoms with Crippen LogP contribution >= 0.6 is 0 Å². The molecule has 0 spiro atoms. The van der Waals surface area contributed by atoms with Crippen LogP contribution in [-0.4, -0.2) is 75.4 Å². The number of hydrogen-bond donors (Lipinski definition) is 0. The van der Waals surface area contributed by atoms with Gasteiger partial charge in [-0.2, -0.15) is 0 Å². The first kappa shape index (κ1) is 13.8. The fraction of sp³-hybridized carbons (Fsp3) is 0.923. The maximum atomic E-state index is 12.3. The Bertz CT molecular complexity index is 259. The van der Waals surface area contributed by atoms with Crippen molar-refractivity contribution in [3.05, 3.63) is 0 Å². The quantitative estimate of drug-likeness (QED) is 0.721. The topological polar surface area (TPSA) is 42.0 Å². The van der Waals surface area contributed by atoms with Crippen LogP contribution < -0.4 is 0 Å². The minimum Gasteiger partial charge on any atom is -0.383 e. The molecule has 0 bridgehead atoms. The molecular weight excluding hydrogens is 232 g/mol. The zero-order valence-corrected chi connectivity index (χ0v) is 11.3. The van der Waals surface area contributed by atoms with Crippen LogP contribution in [0.4, 0.5) is 0 Å². The molecule has 0 unspecified atom stereocenters. The van der Waals surface area contributed by atoms with Crippen molar-refractivity contribution >= 4 is 5.91 Å². The Morgan fingerprint density at radius 2 is 1.89 bits per heavy atom. The Balaban J connectivity index is 1.73. The molecule has 0 aromatic carbocycles. The average Bonchev–Trinajstić information content (AvgIpc) is 2.46. The molecule has 2 rings (SSSR count). The highest BCUT2D eigenvalue weighted by molar-refractivity contribution is 5.79. The summed E-state index contributed by atoms with van der Waals surface area (Å²) in [5.41, 5.74) is 0. The summed E-state index contributed by atoms with van der Waals surface area (Å²) in [7, 11) is 1.73. The number of nitrogens with zero attached hydrogens (tertiary/aromatic N) is 2. The molecule has 0 saturated carbocycles. The SMILES string of the molecule is COCCN1CCN(C(=O)C2CCOCC2)CC1. The van der Waals surface area contributed by atoms with Crippen molar-refractivity contribution in [1.82, 2.24) is 9.80 Å². The van der Waals surface area contributed by atoms with Gasteiger partial charge in [-0.3, -0.25) is 9.69 Å². The van der Waals surface area contributed by atoms with E-state index in [4.69, 9.17) is 9.47 Å². The molecule has 2 fully saturated rings. The summed E-state index contributed by atoms with van der Waals surface area (Å²) < 4.78 is 10.4. The third kappa shape index (κ3) is 3.67. The molecule has 0 aliphatic carbocycles. The molecule has 0 radical (unpaired) electrons. The van der Waals surface area contributed by atoms with Gasteiger partial charge in [0.05, 0.1) is 6.61 Å². The summed E-state index contributed by atoms with van der Waals surface area (Å²) in [5.74, 6) is 0.536. The molecule has 0 aromatic heterocycles. The second kappa shape index (κ2) is 7.07. The van der Waals surface area contributed by atoms with E-state index in [9.17, 15) is 4.79 Å². The molecule has 2 aliphatic rings. The Kier molecular flexibility index (Phi) is 5.41. The van der Waals surface area contributed by atoms with Crippen molar-refractivity contribution in [2.24, 2.45) is 5.92 Å². The Morgan fingerprint density at radius 1 is 1.22 bits per heavy atom. The summed E-state index contributed by atoms with van der Waals surface area (Å²) in [6, 6.07) is 0. The molecule has 0 aromatic rings. The lowest BCUT2D eigenvalue weighted by atomic mass is 9.98. The maximum Gasteiger partial charge on any atom is 0.225 e. The van der Waals surface area contributed by atoms with E-state index in [0.717, 1.165) is 65.4 Å². The van der Waals surface area contributed by atoms with Crippen molar-refractivity contribution in [3.63, 3.8) is 0 Å². The normalized spacial score (nSPS) is 23.3. The van der Waals surface area contributed by atoms with Gasteiger partial charge in [-0.05, 0) is 12.8 Å². The van der Waals surface area contributed by atoms with Crippen LogP contribution in [0, 0.1) is 5.92 Å². The number of piperazine rings is 1. The van der Waals surface area contributed by atoms with Gasteiger partial charge in [-0.25, -0.2) is 0 Å². The van der Waals surface area contributed by atoms with Gasteiger partial charge in [0.1, 0.15) is 0 Å². The van der Waals surface area contributed by atoms with Gasteiger partial charge in [0.2, 0.25) is 5.91 Å². The van der Waals surface area contributed by atoms with Crippen molar-refractivity contribution in [2.75, 3.05) is 59.7 Å². The van der Waals surface area contributed by atoms with E-state index < -0.39 is 0 Å². The lowest BCUT2D eigenvalue weighted by Crippen LogP contribution is -2.51. The molecule has 2 aliphatic heterocycles. The van der Waals surface area contributed by atoms with Crippen molar-refractivity contribution < 1.29 is 14.3 Å². The van der Waals surface area contributed by atoms with E-state index in [1.807, 2.05) is 4.90 Å². The Hall–Kier alpha value is -0.650. The van der Waals surface area contributed by atoms with E-state index >= 15 is 0 Å². The van der Waals surface area contributed by atoms with Gasteiger partial charge in [-0.15, -0.1) is 0 Å². The molecule has 18 heavy (non-hydrogen) atoms. The smallest absolute Gasteiger partial charge is 0.225 e. The molecule has 2 heterocycles. The summed E-state index contributed by atoms with van der Waals surface area (Å²) in [6.07, 6.45) is 1.78. The predicted molar refractivity (Wildman–Crippen MR) is 68.4 cm³/mol. The predicted octanol–water partition coefficient (Wildman–Crippen LogP) is 0.204. The number of methoxy groups -OCH3 is 1. The second-order valence-corrected chi connectivity index (χ2v) is 5.05. The van der Waals surface area contributed by atoms with Gasteiger partial charge < -0.3 is 14.4 Å². The fourth-order valence-electron chi connectivity index (χ4n) is 2.61. The van der Waals surface area contributed by atoms with Crippen LogP contribution in [0.5, 0.6) is 0 Å². The third-order valence-corrected chi connectivity index (χ3v) is 3.87. The van der Waals surface area contributed by atoms with E-state index in [1.54, 1.807) is 7.11 Å². The largest absolute Gasteiger partial charge is 0.383 e. The summed E-state index contributed by atoms with van der Waals surface area (Å²) in [6.45, 7) is 6.88. The lowest BCUT2D eigenvalue weighted by molar-refractivity contribution is -0.140. The Morgan fingerprint density at radius 3 is 2.50 bits per heavy atom. The van der Waals surface area contributed by atoms with Crippen molar-refractivity contribution in [1.29, 1.82) is 0 Å². The first-order valence-electron chi connectivity index (χ1n) is 6.89. The highest BCUT2D eigenvalue weighted by Crippen LogP contribution is 2.18. The van der Waals surface area contributed by atoms with E-state index in [-0.39, 0.29) is 5.92 Å². The van der Waals surface area contributed by atoms with Crippen molar-refractivity contribution in [3.8, 4) is 0 Å². The van der Waals surface area contributed by atoms with E-state index in [2.05, 4.69) is 4.90 Å². The lowest BCUT2D eigenvalue weighted by Gasteiger charge is -2.37. The molecular formula is C13H24N2O3. The maximum absolute atomic E-state index is 12.3. The van der Waals surface area contributed by atoms with Gasteiger partial charge in [0.25, 0.3) is 0 Å². The first-order chi connectivity index (χ1) is 8.81. The minimum atomic E-state index is 0.198. The van der Waals surface area contributed by atoms with Crippen LogP contribution in [0.1, 0.15) is 12.8 Å². The monoisotopic (exact) mass is 256 g/mol. The number of hydrogen-bond acceptors (Lipinski definition) is 4. The summed E-state index contributed by atoms with van der Waals surface area (Å²) >= 11 is 0. The molecule has 5 nitrogen and oxygen atoms in total. The van der Waals surface area contributed by atoms with Crippen LogP contribution in [0.2, 0.25) is 0 Å². The van der Waals surface area contributed by atoms with E-state index in [0.29, 0.717) is 5.91 Å². The first-order valence-corrected chi connectivity index (χ1v) is 6.89. The number of carbonyl (C=O) groups is 1. The van der Waals surface area contributed by atoms with Gasteiger partial charge in [-0.1, -0.05) is 0 Å². The van der Waals surface area contributed by atoms with Crippen LogP contribution in [-0.2, 0) is 14.3 Å². The minimum absolute atomic E-state index is 0.198. The number of carbonyl (C=O) groups excluding carboxylic acids is 1. The number of amides is 1. The zero-order chi connectivity index (χ0) is 12.8. The van der Waals surface area contributed by atoms with E-state index in [1.165, 1.54) is 0 Å². The zero-order valence-electron chi connectivity index (χ0n) is 11.3. The van der Waals surface area contributed by atoms with Gasteiger partial charge >= 0.3 is 0 Å². The Labute approximate surface area is 109 Å². The molecule has 5 heteroatoms. The standard InChI is InChI=1S/C13H24N2O3/c1-17-11-8-14-4-6-15(7-5-14)13(16)12-2-9-18-10-3-12/h12H,2-11H2,1H3. The van der Waals surface area contributed by atoms with Gasteiger partial charge in [0, 0.05) is 59.0 Å². The van der Waals surface area contributed by atoms with Crippen LogP contribution in [0.25, 0.3) is 0 Å². The number of ether oxygens (including phenoxy) is 2. The van der Waals surface area contributed by atoms with Crippen LogP contribution in [0.15, 0.2) is 0 Å². The third-order valence-electron chi connectivity index (χ3n) is 3.87. The van der Waals surface area contributed by atoms with Crippen molar-refractivity contribution in [2.45, 2.75) is 12.8 Å². The fourth-order valence-corrected chi connectivity index (χ4v) is 2.61.